The Morgan fingerprint density at radius 1 is 1.05 bits per heavy atom. The van der Waals surface area contributed by atoms with E-state index in [1.54, 1.807) is 4.68 Å². The van der Waals surface area contributed by atoms with Gasteiger partial charge in [0.25, 0.3) is 11.5 Å². The molecule has 208 valence electrons. The molecule has 2 saturated heterocycles. The first-order valence-corrected chi connectivity index (χ1v) is 14.0. The molecule has 11 heteroatoms. The Morgan fingerprint density at radius 3 is 2.46 bits per heavy atom. The minimum Gasteiger partial charge on any atom is -0.390 e. The van der Waals surface area contributed by atoms with E-state index in [0.29, 0.717) is 43.6 Å². The van der Waals surface area contributed by atoms with Crippen LogP contribution in [-0.4, -0.2) is 83.9 Å². The summed E-state index contributed by atoms with van der Waals surface area (Å²) < 4.78 is 11.2. The highest BCUT2D eigenvalue weighted by Crippen LogP contribution is 2.30. The molecule has 0 aliphatic carbocycles. The molecule has 3 aromatic heterocycles. The Morgan fingerprint density at radius 2 is 1.77 bits per heavy atom. The zero-order valence-corrected chi connectivity index (χ0v) is 23.3. The maximum atomic E-state index is 13.2. The molecule has 6 rings (SSSR count). The summed E-state index contributed by atoms with van der Waals surface area (Å²) in [7, 11) is 2.01. The smallest absolute Gasteiger partial charge is 0.274 e. The monoisotopic (exact) mass is 534 g/mol. The summed E-state index contributed by atoms with van der Waals surface area (Å²) in [4.78, 5) is 33.0. The summed E-state index contributed by atoms with van der Waals surface area (Å²) in [6, 6.07) is 7.61. The van der Waals surface area contributed by atoms with E-state index in [1.165, 1.54) is 0 Å². The molecule has 2 aliphatic heterocycles. The van der Waals surface area contributed by atoms with E-state index in [-0.39, 0.29) is 5.56 Å². The van der Waals surface area contributed by atoms with Crippen molar-refractivity contribution in [1.29, 1.82) is 0 Å². The van der Waals surface area contributed by atoms with E-state index in [4.69, 9.17) is 19.7 Å². The van der Waals surface area contributed by atoms with Gasteiger partial charge in [0.1, 0.15) is 5.82 Å². The standard InChI is InChI=1S/C28H38N8O3/c1-5-35-26(37)20-8-6-7-9-21(20)36(35)27-30-24-23(25(31-27)34-14-16-39-17-15-34)29-22(32(24)4)18-33-12-10-19(11-13-33)28(2,3)38/h6-9,19,38H,5,10-18H2,1-4H3. The number of aryl methyl sites for hydroxylation is 1. The molecular weight excluding hydrogens is 496 g/mol. The van der Waals surface area contributed by atoms with Crippen LogP contribution >= 0.6 is 0 Å². The molecule has 0 spiro atoms. The van der Waals surface area contributed by atoms with Crippen molar-refractivity contribution in [3.05, 3.63) is 40.4 Å². The molecule has 11 nitrogen and oxygen atoms in total. The van der Waals surface area contributed by atoms with E-state index in [2.05, 4.69) is 14.4 Å². The van der Waals surface area contributed by atoms with Crippen LogP contribution in [0.3, 0.4) is 0 Å². The maximum Gasteiger partial charge on any atom is 0.274 e. The molecule has 2 aliphatic rings. The van der Waals surface area contributed by atoms with Gasteiger partial charge < -0.3 is 19.3 Å². The minimum atomic E-state index is -0.648. The number of rotatable bonds is 6. The normalized spacial score (nSPS) is 18.0. The van der Waals surface area contributed by atoms with Gasteiger partial charge in [0.2, 0.25) is 0 Å². The van der Waals surface area contributed by atoms with Gasteiger partial charge in [-0.1, -0.05) is 12.1 Å². The van der Waals surface area contributed by atoms with Crippen molar-refractivity contribution in [3.8, 4) is 5.95 Å². The average Bonchev–Trinajstić information content (AvgIpc) is 3.41. The molecule has 39 heavy (non-hydrogen) atoms. The highest BCUT2D eigenvalue weighted by molar-refractivity contribution is 5.86. The zero-order valence-electron chi connectivity index (χ0n) is 23.3. The number of imidazole rings is 1. The van der Waals surface area contributed by atoms with E-state index in [1.807, 2.05) is 56.8 Å². The van der Waals surface area contributed by atoms with E-state index in [9.17, 15) is 9.90 Å². The van der Waals surface area contributed by atoms with Gasteiger partial charge in [-0.05, 0) is 64.8 Å². The van der Waals surface area contributed by atoms with Crippen molar-refractivity contribution >= 4 is 27.9 Å². The van der Waals surface area contributed by atoms with Crippen LogP contribution in [0, 0.1) is 5.92 Å². The van der Waals surface area contributed by atoms with Crippen molar-refractivity contribution in [2.75, 3.05) is 44.3 Å². The summed E-state index contributed by atoms with van der Waals surface area (Å²) >= 11 is 0. The van der Waals surface area contributed by atoms with Crippen molar-refractivity contribution in [2.45, 2.75) is 52.3 Å². The number of hydrogen-bond acceptors (Lipinski definition) is 8. The summed E-state index contributed by atoms with van der Waals surface area (Å²) in [6.45, 7) is 11.5. The van der Waals surface area contributed by atoms with Crippen LogP contribution < -0.4 is 10.5 Å². The minimum absolute atomic E-state index is 0.0510. The highest BCUT2D eigenvalue weighted by Gasteiger charge is 2.31. The van der Waals surface area contributed by atoms with Gasteiger partial charge in [0, 0.05) is 26.7 Å². The van der Waals surface area contributed by atoms with E-state index < -0.39 is 5.60 Å². The van der Waals surface area contributed by atoms with Crippen molar-refractivity contribution < 1.29 is 9.84 Å². The molecule has 0 amide bonds. The van der Waals surface area contributed by atoms with Crippen molar-refractivity contribution in [3.63, 3.8) is 0 Å². The molecular formula is C28H38N8O3. The van der Waals surface area contributed by atoms with Crippen molar-refractivity contribution in [1.82, 2.24) is 33.8 Å². The predicted molar refractivity (Wildman–Crippen MR) is 150 cm³/mol. The number of likely N-dealkylation sites (tertiary alicyclic amines) is 1. The Balaban J connectivity index is 1.44. The maximum absolute atomic E-state index is 13.2. The molecule has 5 heterocycles. The van der Waals surface area contributed by atoms with Crippen LogP contribution in [0.25, 0.3) is 28.0 Å². The molecule has 4 aromatic rings. The second kappa shape index (κ2) is 10.0. The first-order chi connectivity index (χ1) is 18.8. The molecule has 1 aromatic carbocycles. The number of anilines is 1. The first kappa shape index (κ1) is 26.0. The van der Waals surface area contributed by atoms with Crippen LogP contribution in [0.2, 0.25) is 0 Å². The summed E-state index contributed by atoms with van der Waals surface area (Å²) in [5.41, 5.74) is 1.60. The largest absolute Gasteiger partial charge is 0.390 e. The highest BCUT2D eigenvalue weighted by atomic mass is 16.5. The molecule has 0 unspecified atom stereocenters. The number of ether oxygens (including phenoxy) is 1. The number of hydrogen-bond donors (Lipinski definition) is 1. The van der Waals surface area contributed by atoms with Crippen LogP contribution in [0.15, 0.2) is 29.1 Å². The van der Waals surface area contributed by atoms with E-state index in [0.717, 1.165) is 67.3 Å². The third-order valence-corrected chi connectivity index (χ3v) is 8.37. The van der Waals surface area contributed by atoms with Gasteiger partial charge in [-0.3, -0.25) is 9.69 Å². The lowest BCUT2D eigenvalue weighted by atomic mass is 9.83. The number of benzene rings is 1. The Hall–Kier alpha value is -3.28. The number of para-hydroxylation sites is 1. The van der Waals surface area contributed by atoms with Crippen LogP contribution in [0.4, 0.5) is 5.82 Å². The Bertz CT molecular complexity index is 1550. The number of piperidine rings is 1. The SMILES string of the molecule is CCn1c(=O)c2ccccc2n1-c1nc(N2CCOCC2)c2nc(CN3CCC(C(C)(C)O)CC3)n(C)c2n1. The molecule has 0 bridgehead atoms. The fourth-order valence-corrected chi connectivity index (χ4v) is 6.01. The van der Waals surface area contributed by atoms with Gasteiger partial charge in [-0.2, -0.15) is 9.97 Å². The summed E-state index contributed by atoms with van der Waals surface area (Å²) in [6.07, 6.45) is 1.93. The summed E-state index contributed by atoms with van der Waals surface area (Å²) in [5, 5.41) is 11.1. The third kappa shape index (κ3) is 4.62. The van der Waals surface area contributed by atoms with Gasteiger partial charge in [0.15, 0.2) is 17.0 Å². The van der Waals surface area contributed by atoms with Gasteiger partial charge in [-0.15, -0.1) is 0 Å². The van der Waals surface area contributed by atoms with Crippen molar-refractivity contribution in [2.24, 2.45) is 13.0 Å². The second-order valence-corrected chi connectivity index (χ2v) is 11.3. The molecule has 0 saturated carbocycles. The Kier molecular flexibility index (Phi) is 6.68. The fraction of sp³-hybridized carbons (Fsp3) is 0.571. The summed E-state index contributed by atoms with van der Waals surface area (Å²) in [5.74, 6) is 2.47. The second-order valence-electron chi connectivity index (χ2n) is 11.3. The molecule has 0 radical (unpaired) electrons. The lowest BCUT2D eigenvalue weighted by Crippen LogP contribution is -2.41. The fourth-order valence-electron chi connectivity index (χ4n) is 6.01. The van der Waals surface area contributed by atoms with Gasteiger partial charge in [0.05, 0.1) is 36.3 Å². The lowest BCUT2D eigenvalue weighted by Gasteiger charge is -2.37. The number of aromatic nitrogens is 6. The van der Waals surface area contributed by atoms with Gasteiger partial charge in [-0.25, -0.2) is 14.3 Å². The first-order valence-electron chi connectivity index (χ1n) is 14.0. The number of aliphatic hydroxyl groups is 1. The average molecular weight is 535 g/mol. The zero-order chi connectivity index (χ0) is 27.3. The predicted octanol–water partition coefficient (Wildman–Crippen LogP) is 2.31. The van der Waals surface area contributed by atoms with Gasteiger partial charge >= 0.3 is 0 Å². The van der Waals surface area contributed by atoms with Crippen LogP contribution in [-0.2, 0) is 24.9 Å². The molecule has 2 fully saturated rings. The Labute approximate surface area is 227 Å². The lowest BCUT2D eigenvalue weighted by molar-refractivity contribution is -0.0139. The topological polar surface area (TPSA) is 106 Å². The number of nitrogens with zero attached hydrogens (tertiary/aromatic N) is 8. The van der Waals surface area contributed by atoms with Crippen LogP contribution in [0.5, 0.6) is 0 Å². The molecule has 0 atom stereocenters. The quantitative estimate of drug-likeness (QED) is 0.402. The number of fused-ring (bicyclic) bond motifs is 2. The molecule has 1 N–H and O–H groups in total. The number of morpholine rings is 1. The third-order valence-electron chi connectivity index (χ3n) is 8.37. The van der Waals surface area contributed by atoms with E-state index >= 15 is 0 Å². The van der Waals surface area contributed by atoms with Crippen LogP contribution in [0.1, 0.15) is 39.4 Å².